The second-order valence-electron chi connectivity index (χ2n) is 6.84. The van der Waals surface area contributed by atoms with Gasteiger partial charge in [0.25, 0.3) is 11.6 Å². The number of halogens is 3. The number of rotatable bonds is 4. The second-order valence-corrected chi connectivity index (χ2v) is 6.84. The number of aromatic nitrogens is 4. The van der Waals surface area contributed by atoms with Gasteiger partial charge in [-0.05, 0) is 45.1 Å². The largest absolute Gasteiger partial charge is 0.480 e. The van der Waals surface area contributed by atoms with Gasteiger partial charge in [-0.2, -0.15) is 18.2 Å². The average molecular weight is 399 g/mol. The fraction of sp³-hybridized carbons (Fsp3) is 0.588. The Labute approximate surface area is 158 Å². The molecule has 1 aliphatic heterocycles. The molecule has 1 amide bonds. The fourth-order valence-electron chi connectivity index (χ4n) is 3.55. The predicted octanol–water partition coefficient (Wildman–Crippen LogP) is 2.16. The number of aryl methyl sites for hydroxylation is 2. The van der Waals surface area contributed by atoms with Crippen LogP contribution in [-0.4, -0.2) is 54.1 Å². The zero-order valence-corrected chi connectivity index (χ0v) is 15.5. The van der Waals surface area contributed by atoms with Crippen molar-refractivity contribution in [3.63, 3.8) is 0 Å². The summed E-state index contributed by atoms with van der Waals surface area (Å²) in [5.74, 6) is -2.74. The summed E-state index contributed by atoms with van der Waals surface area (Å²) in [7, 11) is 0. The van der Waals surface area contributed by atoms with Gasteiger partial charge >= 0.3 is 12.1 Å². The van der Waals surface area contributed by atoms with Crippen molar-refractivity contribution >= 4 is 17.7 Å². The van der Waals surface area contributed by atoms with Gasteiger partial charge < -0.3 is 10.0 Å². The first kappa shape index (κ1) is 20.0. The Kier molecular flexibility index (Phi) is 5.26. The van der Waals surface area contributed by atoms with Crippen LogP contribution >= 0.6 is 0 Å². The quantitative estimate of drug-likeness (QED) is 0.846. The monoisotopic (exact) mass is 399 g/mol. The molecule has 1 aliphatic rings. The van der Waals surface area contributed by atoms with Crippen LogP contribution in [-0.2, 0) is 22.2 Å². The van der Waals surface area contributed by atoms with Crippen molar-refractivity contribution in [1.82, 2.24) is 24.5 Å². The molecule has 1 atom stereocenters. The van der Waals surface area contributed by atoms with Crippen molar-refractivity contribution in [2.45, 2.75) is 58.2 Å². The maximum atomic E-state index is 12.9. The van der Waals surface area contributed by atoms with Gasteiger partial charge in [0.1, 0.15) is 6.04 Å². The number of alkyl halides is 3. The molecule has 28 heavy (non-hydrogen) atoms. The Morgan fingerprint density at radius 1 is 1.21 bits per heavy atom. The molecule has 8 nitrogen and oxygen atoms in total. The standard InChI is InChI=1S/C17H20F3N5O3/c1-9-11(6-7-13(26)24-8-4-3-5-12(24)14(27)28)10(2)25-16(21-9)22-15(23-25)17(18,19)20/h12H,3-8H2,1-2H3,(H,27,28). The summed E-state index contributed by atoms with van der Waals surface area (Å²) in [6.07, 6.45) is -2.48. The van der Waals surface area contributed by atoms with E-state index >= 15 is 0 Å². The maximum Gasteiger partial charge on any atom is 0.453 e. The summed E-state index contributed by atoms with van der Waals surface area (Å²) in [6.45, 7) is 3.62. The van der Waals surface area contributed by atoms with E-state index in [2.05, 4.69) is 15.1 Å². The third kappa shape index (κ3) is 3.78. The first-order valence-corrected chi connectivity index (χ1v) is 8.92. The zero-order valence-electron chi connectivity index (χ0n) is 15.5. The lowest BCUT2D eigenvalue weighted by atomic mass is 10.0. The van der Waals surface area contributed by atoms with Crippen molar-refractivity contribution < 1.29 is 27.9 Å². The van der Waals surface area contributed by atoms with E-state index in [0.29, 0.717) is 29.9 Å². The normalized spacial score (nSPS) is 17.9. The molecule has 0 radical (unpaired) electrons. The number of nitrogens with zero attached hydrogens (tertiary/aromatic N) is 5. The summed E-state index contributed by atoms with van der Waals surface area (Å²) in [5.41, 5.74) is 1.49. The number of amides is 1. The van der Waals surface area contributed by atoms with Crippen LogP contribution in [0.5, 0.6) is 0 Å². The van der Waals surface area contributed by atoms with Gasteiger partial charge in [-0.3, -0.25) is 4.79 Å². The molecule has 1 saturated heterocycles. The van der Waals surface area contributed by atoms with Crippen LogP contribution in [0, 0.1) is 13.8 Å². The molecule has 11 heteroatoms. The summed E-state index contributed by atoms with van der Waals surface area (Å²) in [6, 6.07) is -0.825. The molecule has 0 bridgehead atoms. The van der Waals surface area contributed by atoms with Crippen molar-refractivity contribution in [2.24, 2.45) is 0 Å². The Morgan fingerprint density at radius 2 is 1.93 bits per heavy atom. The van der Waals surface area contributed by atoms with Gasteiger partial charge in [0, 0.05) is 24.4 Å². The van der Waals surface area contributed by atoms with Crippen LogP contribution in [0.1, 0.15) is 48.5 Å². The molecule has 2 aromatic heterocycles. The predicted molar refractivity (Wildman–Crippen MR) is 90.6 cm³/mol. The van der Waals surface area contributed by atoms with E-state index in [-0.39, 0.29) is 24.5 Å². The van der Waals surface area contributed by atoms with Crippen LogP contribution in [0.3, 0.4) is 0 Å². The van der Waals surface area contributed by atoms with E-state index in [1.54, 1.807) is 13.8 Å². The molecule has 0 spiro atoms. The number of carbonyl (C=O) groups is 2. The topological polar surface area (TPSA) is 101 Å². The van der Waals surface area contributed by atoms with E-state index in [0.717, 1.165) is 17.4 Å². The third-order valence-electron chi connectivity index (χ3n) is 5.00. The molecule has 0 aromatic carbocycles. The Balaban J connectivity index is 1.82. The number of hydrogen-bond acceptors (Lipinski definition) is 5. The number of aliphatic carboxylic acids is 1. The number of carboxylic acids is 1. The second kappa shape index (κ2) is 7.36. The molecule has 1 unspecified atom stereocenters. The molecule has 0 aliphatic carbocycles. The first-order chi connectivity index (χ1) is 13.1. The van der Waals surface area contributed by atoms with Gasteiger partial charge in [0.2, 0.25) is 5.91 Å². The minimum atomic E-state index is -4.68. The smallest absolute Gasteiger partial charge is 0.453 e. The maximum absolute atomic E-state index is 12.9. The minimum Gasteiger partial charge on any atom is -0.480 e. The summed E-state index contributed by atoms with van der Waals surface area (Å²) < 4.78 is 39.6. The molecular weight excluding hydrogens is 379 g/mol. The number of piperidine rings is 1. The van der Waals surface area contributed by atoms with Gasteiger partial charge in [0.05, 0.1) is 0 Å². The van der Waals surface area contributed by atoms with Crippen LogP contribution in [0.15, 0.2) is 0 Å². The van der Waals surface area contributed by atoms with Crippen molar-refractivity contribution in [3.8, 4) is 0 Å². The van der Waals surface area contributed by atoms with Crippen LogP contribution < -0.4 is 0 Å². The van der Waals surface area contributed by atoms with Crippen LogP contribution in [0.2, 0.25) is 0 Å². The lowest BCUT2D eigenvalue weighted by molar-refractivity contribution is -0.152. The van der Waals surface area contributed by atoms with E-state index < -0.39 is 24.0 Å². The Bertz CT molecular complexity index is 925. The summed E-state index contributed by atoms with van der Waals surface area (Å²) in [4.78, 5) is 32.8. The Morgan fingerprint density at radius 3 is 2.57 bits per heavy atom. The Hall–Kier alpha value is -2.72. The number of carboxylic acid groups (broad SMARTS) is 1. The molecule has 3 heterocycles. The summed E-state index contributed by atoms with van der Waals surface area (Å²) >= 11 is 0. The number of fused-ring (bicyclic) bond motifs is 1. The third-order valence-corrected chi connectivity index (χ3v) is 5.00. The van der Waals surface area contributed by atoms with Crippen LogP contribution in [0.25, 0.3) is 5.78 Å². The number of likely N-dealkylation sites (tertiary alicyclic amines) is 1. The van der Waals surface area contributed by atoms with Crippen molar-refractivity contribution in [3.05, 3.63) is 22.8 Å². The fourth-order valence-corrected chi connectivity index (χ4v) is 3.55. The van der Waals surface area contributed by atoms with Gasteiger partial charge in [-0.1, -0.05) is 0 Å². The molecule has 3 rings (SSSR count). The molecule has 152 valence electrons. The highest BCUT2D eigenvalue weighted by Gasteiger charge is 2.37. The molecule has 2 aromatic rings. The van der Waals surface area contributed by atoms with E-state index in [9.17, 15) is 27.9 Å². The lowest BCUT2D eigenvalue weighted by Gasteiger charge is -2.33. The van der Waals surface area contributed by atoms with E-state index in [1.165, 1.54) is 4.90 Å². The highest BCUT2D eigenvalue weighted by Crippen LogP contribution is 2.27. The van der Waals surface area contributed by atoms with Crippen molar-refractivity contribution in [1.29, 1.82) is 0 Å². The SMILES string of the molecule is Cc1nc2nc(C(F)(F)F)nn2c(C)c1CCC(=O)N1CCCCC1C(=O)O. The van der Waals surface area contributed by atoms with Crippen molar-refractivity contribution in [2.75, 3.05) is 6.54 Å². The lowest BCUT2D eigenvalue weighted by Crippen LogP contribution is -2.48. The van der Waals surface area contributed by atoms with Crippen LogP contribution in [0.4, 0.5) is 13.2 Å². The molecular formula is C17H20F3N5O3. The van der Waals surface area contributed by atoms with E-state index in [1.807, 2.05) is 0 Å². The van der Waals surface area contributed by atoms with E-state index in [4.69, 9.17) is 0 Å². The highest BCUT2D eigenvalue weighted by molar-refractivity contribution is 5.84. The number of hydrogen-bond donors (Lipinski definition) is 1. The average Bonchev–Trinajstić information content (AvgIpc) is 3.05. The van der Waals surface area contributed by atoms with Gasteiger partial charge in [-0.15, -0.1) is 5.10 Å². The molecule has 0 saturated carbocycles. The zero-order chi connectivity index (χ0) is 20.6. The number of carbonyl (C=O) groups excluding carboxylic acids is 1. The highest BCUT2D eigenvalue weighted by atomic mass is 19.4. The summed E-state index contributed by atoms with van der Waals surface area (Å²) in [5, 5.41) is 12.8. The minimum absolute atomic E-state index is 0.0411. The van der Waals surface area contributed by atoms with Gasteiger partial charge in [0.15, 0.2) is 0 Å². The first-order valence-electron chi connectivity index (χ1n) is 8.92. The molecule has 1 N–H and O–H groups in total. The molecule has 1 fully saturated rings. The van der Waals surface area contributed by atoms with Gasteiger partial charge in [-0.25, -0.2) is 14.3 Å².